The molecular weight excluding hydrogens is 384 g/mol. The molecule has 154 valence electrons. The number of ether oxygens (including phenoxy) is 1. The zero-order chi connectivity index (χ0) is 20.5. The zero-order valence-electron chi connectivity index (χ0n) is 17.0. The van der Waals surface area contributed by atoms with Crippen LogP contribution in [0.2, 0.25) is 0 Å². The number of piperidine rings is 1. The summed E-state index contributed by atoms with van der Waals surface area (Å²) in [5, 5.41) is 3.40. The predicted octanol–water partition coefficient (Wildman–Crippen LogP) is 3.66. The third-order valence-electron chi connectivity index (χ3n) is 5.86. The van der Waals surface area contributed by atoms with Crippen LogP contribution in [-0.2, 0) is 10.0 Å². The van der Waals surface area contributed by atoms with E-state index in [4.69, 9.17) is 4.74 Å². The first-order valence-corrected chi connectivity index (χ1v) is 11.8. The summed E-state index contributed by atoms with van der Waals surface area (Å²) in [7, 11) is -3.46. The van der Waals surface area contributed by atoms with E-state index in [0.29, 0.717) is 18.0 Å². The predicted molar refractivity (Wildman–Crippen MR) is 116 cm³/mol. The van der Waals surface area contributed by atoms with Crippen molar-refractivity contribution in [2.45, 2.75) is 37.2 Å². The number of rotatable bonds is 5. The molecule has 1 saturated heterocycles. The van der Waals surface area contributed by atoms with Gasteiger partial charge in [-0.15, -0.1) is 0 Å². The number of nitrogens with zero attached hydrogens (tertiary/aromatic N) is 1. The van der Waals surface area contributed by atoms with Crippen molar-refractivity contribution in [3.05, 3.63) is 65.7 Å². The van der Waals surface area contributed by atoms with E-state index in [1.165, 1.54) is 4.31 Å². The van der Waals surface area contributed by atoms with E-state index >= 15 is 0 Å². The lowest BCUT2D eigenvalue weighted by Gasteiger charge is -2.40. The molecule has 0 atom stereocenters. The van der Waals surface area contributed by atoms with E-state index in [2.05, 4.69) is 17.5 Å². The van der Waals surface area contributed by atoms with Crippen LogP contribution in [-0.4, -0.2) is 44.5 Å². The Bertz CT molecular complexity index is 1000. The molecule has 6 heteroatoms. The van der Waals surface area contributed by atoms with E-state index in [9.17, 15) is 8.42 Å². The van der Waals surface area contributed by atoms with Crippen LogP contribution < -0.4 is 10.1 Å². The summed E-state index contributed by atoms with van der Waals surface area (Å²) >= 11 is 0. The van der Waals surface area contributed by atoms with Gasteiger partial charge in [0.2, 0.25) is 10.0 Å². The molecule has 1 spiro atoms. The first-order chi connectivity index (χ1) is 14.0. The summed E-state index contributed by atoms with van der Waals surface area (Å²) < 4.78 is 33.5. The summed E-state index contributed by atoms with van der Waals surface area (Å²) in [6.07, 6.45) is 4.07. The van der Waals surface area contributed by atoms with Crippen molar-refractivity contribution in [1.82, 2.24) is 9.62 Å². The van der Waals surface area contributed by atoms with E-state index in [0.717, 1.165) is 48.4 Å². The first kappa shape index (κ1) is 20.1. The second-order valence-corrected chi connectivity index (χ2v) is 9.52. The minimum Gasteiger partial charge on any atom is -0.482 e. The Morgan fingerprint density at radius 2 is 1.66 bits per heavy atom. The molecule has 1 fully saturated rings. The van der Waals surface area contributed by atoms with Gasteiger partial charge in [-0.25, -0.2) is 8.42 Å². The number of hydrogen-bond donors (Lipinski definition) is 1. The summed E-state index contributed by atoms with van der Waals surface area (Å²) in [6, 6.07) is 15.4. The summed E-state index contributed by atoms with van der Waals surface area (Å²) in [5.74, 6) is 0.895. The number of benzene rings is 2. The molecule has 0 bridgehead atoms. The van der Waals surface area contributed by atoms with E-state index in [1.807, 2.05) is 44.2 Å². The smallest absolute Gasteiger partial charge is 0.243 e. The van der Waals surface area contributed by atoms with Gasteiger partial charge < -0.3 is 10.1 Å². The highest BCUT2D eigenvalue weighted by Gasteiger charge is 2.37. The van der Waals surface area contributed by atoms with Crippen LogP contribution in [0.1, 0.15) is 37.8 Å². The molecule has 2 aliphatic heterocycles. The van der Waals surface area contributed by atoms with Crippen LogP contribution in [0.15, 0.2) is 59.5 Å². The quantitative estimate of drug-likeness (QED) is 0.814. The van der Waals surface area contributed by atoms with Gasteiger partial charge in [-0.3, -0.25) is 0 Å². The van der Waals surface area contributed by atoms with Gasteiger partial charge in [-0.2, -0.15) is 4.31 Å². The van der Waals surface area contributed by atoms with E-state index in [-0.39, 0.29) is 5.60 Å². The van der Waals surface area contributed by atoms with Crippen molar-refractivity contribution in [2.24, 2.45) is 0 Å². The van der Waals surface area contributed by atoms with Crippen LogP contribution >= 0.6 is 0 Å². The van der Waals surface area contributed by atoms with Crippen LogP contribution in [0.5, 0.6) is 5.75 Å². The fraction of sp³-hybridized carbons (Fsp3) is 0.391. The topological polar surface area (TPSA) is 58.6 Å². The fourth-order valence-corrected chi connectivity index (χ4v) is 5.68. The minimum atomic E-state index is -3.46. The van der Waals surface area contributed by atoms with Crippen LogP contribution in [0, 0.1) is 0 Å². The molecule has 2 aromatic rings. The lowest BCUT2D eigenvalue weighted by Crippen LogP contribution is -2.46. The molecule has 4 rings (SSSR count). The Labute approximate surface area is 173 Å². The van der Waals surface area contributed by atoms with Crippen molar-refractivity contribution < 1.29 is 13.2 Å². The highest BCUT2D eigenvalue weighted by Crippen LogP contribution is 2.42. The van der Waals surface area contributed by atoms with Crippen LogP contribution in [0.25, 0.3) is 5.57 Å². The van der Waals surface area contributed by atoms with Gasteiger partial charge in [0, 0.05) is 31.5 Å². The van der Waals surface area contributed by atoms with Crippen molar-refractivity contribution >= 4 is 15.6 Å². The van der Waals surface area contributed by atoms with Crippen molar-refractivity contribution in [3.8, 4) is 5.75 Å². The zero-order valence-corrected chi connectivity index (χ0v) is 17.8. The van der Waals surface area contributed by atoms with Gasteiger partial charge in [-0.05, 0) is 48.5 Å². The van der Waals surface area contributed by atoms with Gasteiger partial charge in [-0.1, -0.05) is 44.2 Å². The summed E-state index contributed by atoms with van der Waals surface area (Å²) in [4.78, 5) is 0.336. The summed E-state index contributed by atoms with van der Waals surface area (Å²) in [5.41, 5.74) is 2.87. The standard InChI is InChI=1S/C23H28N2O3S/c1-3-25(4-2)29(26,27)19-11-9-18(10-12-19)21-17-23(13-15-24-16-14-23)28-22-8-6-5-7-20(21)22/h5-12,17,24H,3-4,13-16H2,1-2H3. The second kappa shape index (κ2) is 7.94. The molecule has 5 nitrogen and oxygen atoms in total. The maximum atomic E-state index is 12.8. The SMILES string of the molecule is CCN(CC)S(=O)(=O)c1ccc(C2=CC3(CCNCC3)Oc3ccccc32)cc1. The van der Waals surface area contributed by atoms with Crippen LogP contribution in [0.4, 0.5) is 0 Å². The molecule has 1 N–H and O–H groups in total. The minimum absolute atomic E-state index is 0.305. The third kappa shape index (κ3) is 3.72. The van der Waals surface area contributed by atoms with Gasteiger partial charge in [0.1, 0.15) is 11.4 Å². The Morgan fingerprint density at radius 3 is 2.31 bits per heavy atom. The molecule has 29 heavy (non-hydrogen) atoms. The van der Waals surface area contributed by atoms with Gasteiger partial charge in [0.15, 0.2) is 0 Å². The monoisotopic (exact) mass is 412 g/mol. The highest BCUT2D eigenvalue weighted by atomic mass is 32.2. The van der Waals surface area contributed by atoms with Gasteiger partial charge in [0.05, 0.1) is 4.90 Å². The van der Waals surface area contributed by atoms with Crippen LogP contribution in [0.3, 0.4) is 0 Å². The average Bonchev–Trinajstić information content (AvgIpc) is 2.74. The number of sulfonamides is 1. The Kier molecular flexibility index (Phi) is 5.51. The normalized spacial score (nSPS) is 18.2. The fourth-order valence-electron chi connectivity index (χ4n) is 4.22. The Balaban J connectivity index is 1.74. The molecule has 0 amide bonds. The lowest BCUT2D eigenvalue weighted by molar-refractivity contribution is 0.0817. The van der Waals surface area contributed by atoms with Crippen molar-refractivity contribution in [1.29, 1.82) is 0 Å². The van der Waals surface area contributed by atoms with Crippen molar-refractivity contribution in [3.63, 3.8) is 0 Å². The van der Waals surface area contributed by atoms with E-state index < -0.39 is 10.0 Å². The summed E-state index contributed by atoms with van der Waals surface area (Å²) in [6.45, 7) is 6.50. The molecule has 0 aliphatic carbocycles. The maximum absolute atomic E-state index is 12.8. The second-order valence-electron chi connectivity index (χ2n) is 7.58. The molecular formula is C23H28N2O3S. The molecule has 2 aliphatic rings. The Hall–Kier alpha value is -2.15. The van der Waals surface area contributed by atoms with Crippen molar-refractivity contribution in [2.75, 3.05) is 26.2 Å². The molecule has 0 unspecified atom stereocenters. The maximum Gasteiger partial charge on any atom is 0.243 e. The first-order valence-electron chi connectivity index (χ1n) is 10.3. The number of hydrogen-bond acceptors (Lipinski definition) is 4. The highest BCUT2D eigenvalue weighted by molar-refractivity contribution is 7.89. The number of nitrogens with one attached hydrogen (secondary N) is 1. The van der Waals surface area contributed by atoms with Gasteiger partial charge in [0.25, 0.3) is 0 Å². The lowest BCUT2D eigenvalue weighted by atomic mass is 9.83. The molecule has 2 heterocycles. The molecule has 2 aromatic carbocycles. The molecule has 0 radical (unpaired) electrons. The largest absolute Gasteiger partial charge is 0.482 e. The average molecular weight is 413 g/mol. The third-order valence-corrected chi connectivity index (χ3v) is 7.92. The number of para-hydroxylation sites is 1. The molecule has 0 aromatic heterocycles. The van der Waals surface area contributed by atoms with Gasteiger partial charge >= 0.3 is 0 Å². The van der Waals surface area contributed by atoms with E-state index in [1.54, 1.807) is 12.1 Å². The number of fused-ring (bicyclic) bond motifs is 1. The Morgan fingerprint density at radius 1 is 1.00 bits per heavy atom. The molecule has 0 saturated carbocycles.